The Balaban J connectivity index is 2.59. The van der Waals surface area contributed by atoms with E-state index in [1.165, 1.54) is 38.9 Å². The molecule has 0 spiro atoms. The van der Waals surface area contributed by atoms with Crippen LogP contribution in [-0.2, 0) is 4.74 Å². The number of hydrogen-bond acceptors (Lipinski definition) is 3. The van der Waals surface area contributed by atoms with Crippen molar-refractivity contribution >= 4 is 12.0 Å². The third-order valence-corrected chi connectivity index (χ3v) is 3.24. The van der Waals surface area contributed by atoms with Gasteiger partial charge >= 0.3 is 5.97 Å². The number of phenols is 1. The summed E-state index contributed by atoms with van der Waals surface area (Å²) in [7, 11) is 1.32. The predicted octanol–water partition coefficient (Wildman–Crippen LogP) is 4.55. The van der Waals surface area contributed by atoms with Gasteiger partial charge in [0.1, 0.15) is 11.3 Å². The number of ether oxygens (including phenoxy) is 1. The van der Waals surface area contributed by atoms with Crippen LogP contribution in [-0.4, -0.2) is 18.2 Å². The minimum absolute atomic E-state index is 0.0399. The number of unbranched alkanes of at least 4 members (excludes halogenated alkanes) is 5. The molecule has 0 radical (unpaired) electrons. The van der Waals surface area contributed by atoms with Gasteiger partial charge in [0.05, 0.1) is 7.11 Å². The Labute approximate surface area is 121 Å². The molecular formula is C17H24O3. The Hall–Kier alpha value is -1.77. The molecule has 0 heterocycles. The largest absolute Gasteiger partial charge is 0.507 e. The number of phenolic OH excluding ortho intramolecular Hbond substituents is 1. The van der Waals surface area contributed by atoms with E-state index in [2.05, 4.69) is 6.92 Å². The quantitative estimate of drug-likeness (QED) is 0.559. The highest BCUT2D eigenvalue weighted by Gasteiger charge is 2.14. The average Bonchev–Trinajstić information content (AvgIpc) is 2.45. The smallest absolute Gasteiger partial charge is 0.342 e. The van der Waals surface area contributed by atoms with Crippen LogP contribution in [0, 0.1) is 0 Å². The fourth-order valence-corrected chi connectivity index (χ4v) is 2.10. The molecule has 3 heteroatoms. The summed E-state index contributed by atoms with van der Waals surface area (Å²) < 4.78 is 4.70. The molecule has 1 aromatic rings. The van der Waals surface area contributed by atoms with Crippen LogP contribution < -0.4 is 0 Å². The normalized spacial score (nSPS) is 10.9. The lowest BCUT2D eigenvalue weighted by atomic mass is 10.0. The molecule has 0 saturated carbocycles. The van der Waals surface area contributed by atoms with Crippen molar-refractivity contribution in [1.82, 2.24) is 0 Å². The van der Waals surface area contributed by atoms with E-state index in [9.17, 15) is 9.90 Å². The van der Waals surface area contributed by atoms with Crippen molar-refractivity contribution < 1.29 is 14.6 Å². The van der Waals surface area contributed by atoms with Gasteiger partial charge in [-0.3, -0.25) is 0 Å². The number of carbonyl (C=O) groups excluding carboxylic acids is 1. The van der Waals surface area contributed by atoms with E-state index in [0.717, 1.165) is 12.8 Å². The van der Waals surface area contributed by atoms with E-state index in [0.29, 0.717) is 5.56 Å². The van der Waals surface area contributed by atoms with Crippen molar-refractivity contribution in [3.63, 3.8) is 0 Å². The average molecular weight is 276 g/mol. The number of esters is 1. The molecule has 0 saturated heterocycles. The lowest BCUT2D eigenvalue weighted by Gasteiger charge is -2.06. The number of carbonyl (C=O) groups is 1. The molecule has 110 valence electrons. The fraction of sp³-hybridized carbons (Fsp3) is 0.471. The van der Waals surface area contributed by atoms with Crippen LogP contribution in [0.5, 0.6) is 5.75 Å². The SMILES string of the molecule is CCCCCCC/C=C/c1cccc(O)c1C(=O)OC. The summed E-state index contributed by atoms with van der Waals surface area (Å²) in [5.41, 5.74) is 0.933. The molecule has 0 aliphatic carbocycles. The number of aromatic hydroxyl groups is 1. The second-order valence-corrected chi connectivity index (χ2v) is 4.84. The number of allylic oxidation sites excluding steroid dienone is 1. The zero-order chi connectivity index (χ0) is 14.8. The number of methoxy groups -OCH3 is 1. The van der Waals surface area contributed by atoms with Gasteiger partial charge in [-0.1, -0.05) is 56.9 Å². The van der Waals surface area contributed by atoms with Crippen LogP contribution in [0.3, 0.4) is 0 Å². The van der Waals surface area contributed by atoms with Crippen molar-refractivity contribution in [1.29, 1.82) is 0 Å². The third kappa shape index (κ3) is 5.08. The topological polar surface area (TPSA) is 46.5 Å². The van der Waals surface area contributed by atoms with Crippen LogP contribution in [0.1, 0.15) is 61.4 Å². The highest BCUT2D eigenvalue weighted by molar-refractivity contribution is 5.96. The van der Waals surface area contributed by atoms with Crippen LogP contribution in [0.2, 0.25) is 0 Å². The highest BCUT2D eigenvalue weighted by Crippen LogP contribution is 2.23. The molecule has 0 unspecified atom stereocenters. The Morgan fingerprint density at radius 2 is 2.00 bits per heavy atom. The minimum Gasteiger partial charge on any atom is -0.507 e. The number of rotatable bonds is 8. The molecule has 0 amide bonds. The van der Waals surface area contributed by atoms with Gasteiger partial charge in [0, 0.05) is 0 Å². The maximum atomic E-state index is 11.6. The van der Waals surface area contributed by atoms with Gasteiger partial charge in [-0.2, -0.15) is 0 Å². The number of benzene rings is 1. The van der Waals surface area contributed by atoms with Crippen molar-refractivity contribution in [2.45, 2.75) is 45.4 Å². The molecule has 0 atom stereocenters. The fourth-order valence-electron chi connectivity index (χ4n) is 2.10. The van der Waals surface area contributed by atoms with Gasteiger partial charge in [-0.05, 0) is 24.5 Å². The molecule has 0 fully saturated rings. The molecule has 1 aromatic carbocycles. The van der Waals surface area contributed by atoms with E-state index in [1.54, 1.807) is 12.1 Å². The summed E-state index contributed by atoms with van der Waals surface area (Å²) >= 11 is 0. The van der Waals surface area contributed by atoms with Gasteiger partial charge in [-0.25, -0.2) is 4.79 Å². The van der Waals surface area contributed by atoms with Crippen LogP contribution in [0.25, 0.3) is 6.08 Å². The minimum atomic E-state index is -0.509. The van der Waals surface area contributed by atoms with Gasteiger partial charge in [-0.15, -0.1) is 0 Å². The van der Waals surface area contributed by atoms with Crippen molar-refractivity contribution in [2.24, 2.45) is 0 Å². The monoisotopic (exact) mass is 276 g/mol. The second-order valence-electron chi connectivity index (χ2n) is 4.84. The molecule has 0 aliphatic rings. The van der Waals surface area contributed by atoms with Crippen molar-refractivity contribution in [2.75, 3.05) is 7.11 Å². The first-order valence-corrected chi connectivity index (χ1v) is 7.27. The molecule has 3 nitrogen and oxygen atoms in total. The third-order valence-electron chi connectivity index (χ3n) is 3.24. The Morgan fingerprint density at radius 3 is 2.70 bits per heavy atom. The van der Waals surface area contributed by atoms with E-state index < -0.39 is 5.97 Å². The first kappa shape index (κ1) is 16.3. The standard InChI is InChI=1S/C17H24O3/c1-3-4-5-6-7-8-9-11-14-12-10-13-15(18)16(14)17(19)20-2/h9-13,18H,3-8H2,1-2H3/b11-9+. The molecule has 1 N–H and O–H groups in total. The summed E-state index contributed by atoms with van der Waals surface area (Å²) in [6.07, 6.45) is 11.1. The lowest BCUT2D eigenvalue weighted by Crippen LogP contribution is -2.03. The molecule has 20 heavy (non-hydrogen) atoms. The predicted molar refractivity (Wildman–Crippen MR) is 81.9 cm³/mol. The van der Waals surface area contributed by atoms with E-state index in [-0.39, 0.29) is 11.3 Å². The molecular weight excluding hydrogens is 252 g/mol. The maximum Gasteiger partial charge on any atom is 0.342 e. The Morgan fingerprint density at radius 1 is 1.25 bits per heavy atom. The van der Waals surface area contributed by atoms with Crippen LogP contribution >= 0.6 is 0 Å². The molecule has 0 aliphatic heterocycles. The van der Waals surface area contributed by atoms with Crippen LogP contribution in [0.4, 0.5) is 0 Å². The summed E-state index contributed by atoms with van der Waals surface area (Å²) in [5.74, 6) is -0.548. The summed E-state index contributed by atoms with van der Waals surface area (Å²) in [6, 6.07) is 5.02. The number of hydrogen-bond donors (Lipinski definition) is 1. The molecule has 1 rings (SSSR count). The molecule has 0 aromatic heterocycles. The van der Waals surface area contributed by atoms with Gasteiger partial charge in [0.25, 0.3) is 0 Å². The van der Waals surface area contributed by atoms with Crippen molar-refractivity contribution in [3.05, 3.63) is 35.4 Å². The first-order chi connectivity index (χ1) is 9.70. The van der Waals surface area contributed by atoms with Crippen LogP contribution in [0.15, 0.2) is 24.3 Å². The summed E-state index contributed by atoms with van der Waals surface area (Å²) in [5, 5.41) is 9.76. The maximum absolute atomic E-state index is 11.6. The van der Waals surface area contributed by atoms with Gasteiger partial charge in [0.15, 0.2) is 0 Å². The van der Waals surface area contributed by atoms with Gasteiger partial charge in [0.2, 0.25) is 0 Å². The zero-order valence-electron chi connectivity index (χ0n) is 12.4. The summed E-state index contributed by atoms with van der Waals surface area (Å²) in [4.78, 5) is 11.6. The lowest BCUT2D eigenvalue weighted by molar-refractivity contribution is 0.0597. The summed E-state index contributed by atoms with van der Waals surface area (Å²) in [6.45, 7) is 2.20. The highest BCUT2D eigenvalue weighted by atomic mass is 16.5. The van der Waals surface area contributed by atoms with Crippen molar-refractivity contribution in [3.8, 4) is 5.75 Å². The van der Waals surface area contributed by atoms with E-state index in [4.69, 9.17) is 4.74 Å². The second kappa shape index (κ2) is 9.18. The van der Waals surface area contributed by atoms with E-state index >= 15 is 0 Å². The Kier molecular flexibility index (Phi) is 7.48. The van der Waals surface area contributed by atoms with Gasteiger partial charge < -0.3 is 9.84 Å². The first-order valence-electron chi connectivity index (χ1n) is 7.27. The zero-order valence-corrected chi connectivity index (χ0v) is 12.4. The molecule has 0 bridgehead atoms. The Bertz CT molecular complexity index is 450. The van der Waals surface area contributed by atoms with E-state index in [1.807, 2.05) is 12.2 Å².